The largest absolute Gasteiger partial charge is 0.483 e. The van der Waals surface area contributed by atoms with Crippen LogP contribution < -0.4 is 4.74 Å². The monoisotopic (exact) mass is 380 g/mol. The first-order valence-electron chi connectivity index (χ1n) is 10.4. The summed E-state index contributed by atoms with van der Waals surface area (Å²) in [6.07, 6.45) is 2.06. The van der Waals surface area contributed by atoms with Gasteiger partial charge in [0.25, 0.3) is 5.91 Å². The van der Waals surface area contributed by atoms with Crippen LogP contribution in [0, 0.1) is 0 Å². The van der Waals surface area contributed by atoms with Crippen molar-refractivity contribution in [1.29, 1.82) is 0 Å². The number of hydrogen-bond donors (Lipinski definition) is 0. The molecule has 1 saturated heterocycles. The fourth-order valence-electron chi connectivity index (χ4n) is 3.69. The van der Waals surface area contributed by atoms with E-state index < -0.39 is 0 Å². The van der Waals surface area contributed by atoms with Crippen LogP contribution in [0.4, 0.5) is 0 Å². The van der Waals surface area contributed by atoms with Gasteiger partial charge in [-0.2, -0.15) is 0 Å². The molecule has 0 N–H and O–H groups in total. The number of hydrogen-bond acceptors (Lipinski definition) is 3. The summed E-state index contributed by atoms with van der Waals surface area (Å²) in [5.41, 5.74) is 2.51. The standard InChI is InChI=1S/C24H32N2O2/c1-3-20(2)22-12-7-8-13-23(22)28-19-24(27)26-15-9-14-25(16-17-26)18-21-10-5-4-6-11-21/h4-8,10-13,20H,3,9,14-19H2,1-2H3. The second-order valence-electron chi connectivity index (χ2n) is 7.63. The van der Waals surface area contributed by atoms with Gasteiger partial charge >= 0.3 is 0 Å². The zero-order valence-electron chi connectivity index (χ0n) is 17.1. The van der Waals surface area contributed by atoms with Crippen LogP contribution in [0.5, 0.6) is 5.75 Å². The minimum Gasteiger partial charge on any atom is -0.483 e. The van der Waals surface area contributed by atoms with E-state index in [1.54, 1.807) is 0 Å². The van der Waals surface area contributed by atoms with E-state index in [4.69, 9.17) is 4.74 Å². The molecule has 0 aliphatic carbocycles. The number of carbonyl (C=O) groups excluding carboxylic acids is 1. The highest BCUT2D eigenvalue weighted by Crippen LogP contribution is 2.28. The molecule has 0 spiro atoms. The Morgan fingerprint density at radius 3 is 2.54 bits per heavy atom. The number of rotatable bonds is 7. The van der Waals surface area contributed by atoms with E-state index in [0.717, 1.165) is 51.3 Å². The Kier molecular flexibility index (Phi) is 7.49. The SMILES string of the molecule is CCC(C)c1ccccc1OCC(=O)N1CCCN(Cc2ccccc2)CC1. The van der Waals surface area contributed by atoms with Crippen LogP contribution in [0.15, 0.2) is 54.6 Å². The lowest BCUT2D eigenvalue weighted by molar-refractivity contribution is -0.133. The van der Waals surface area contributed by atoms with E-state index in [1.165, 1.54) is 11.1 Å². The minimum absolute atomic E-state index is 0.0838. The zero-order chi connectivity index (χ0) is 19.8. The molecule has 0 aromatic heterocycles. The molecule has 2 aromatic carbocycles. The van der Waals surface area contributed by atoms with Crippen molar-refractivity contribution < 1.29 is 9.53 Å². The maximum Gasteiger partial charge on any atom is 0.260 e. The van der Waals surface area contributed by atoms with E-state index >= 15 is 0 Å². The van der Waals surface area contributed by atoms with Crippen LogP contribution in [-0.2, 0) is 11.3 Å². The Bertz CT molecular complexity index is 747. The van der Waals surface area contributed by atoms with Crippen molar-refractivity contribution in [2.75, 3.05) is 32.8 Å². The van der Waals surface area contributed by atoms with E-state index in [-0.39, 0.29) is 12.5 Å². The van der Waals surface area contributed by atoms with Crippen molar-refractivity contribution in [2.24, 2.45) is 0 Å². The van der Waals surface area contributed by atoms with E-state index in [0.29, 0.717) is 5.92 Å². The summed E-state index contributed by atoms with van der Waals surface area (Å²) in [6, 6.07) is 18.6. The van der Waals surface area contributed by atoms with Gasteiger partial charge in [-0.05, 0) is 36.0 Å². The quantitative estimate of drug-likeness (QED) is 0.717. The number of nitrogens with zero attached hydrogens (tertiary/aromatic N) is 2. The molecule has 4 nitrogen and oxygen atoms in total. The summed E-state index contributed by atoms with van der Waals surface area (Å²) in [5, 5.41) is 0. The molecule has 150 valence electrons. The Hall–Kier alpha value is -2.33. The van der Waals surface area contributed by atoms with Gasteiger partial charge in [-0.15, -0.1) is 0 Å². The molecule has 1 heterocycles. The van der Waals surface area contributed by atoms with E-state index in [2.05, 4.69) is 49.1 Å². The Morgan fingerprint density at radius 1 is 1.00 bits per heavy atom. The third-order valence-electron chi connectivity index (χ3n) is 5.60. The third kappa shape index (κ3) is 5.59. The summed E-state index contributed by atoms with van der Waals surface area (Å²) in [7, 11) is 0. The van der Waals surface area contributed by atoms with Crippen LogP contribution in [0.1, 0.15) is 43.7 Å². The van der Waals surface area contributed by atoms with Crippen molar-refractivity contribution in [3.8, 4) is 5.75 Å². The Morgan fingerprint density at radius 2 is 1.75 bits per heavy atom. The number of ether oxygens (including phenoxy) is 1. The van der Waals surface area contributed by atoms with Crippen LogP contribution in [-0.4, -0.2) is 48.5 Å². The van der Waals surface area contributed by atoms with Gasteiger partial charge in [-0.1, -0.05) is 62.4 Å². The highest BCUT2D eigenvalue weighted by atomic mass is 16.5. The Labute approximate surface area is 169 Å². The van der Waals surface area contributed by atoms with Crippen molar-refractivity contribution in [2.45, 2.75) is 39.2 Å². The summed E-state index contributed by atoms with van der Waals surface area (Å²) in [4.78, 5) is 17.1. The Balaban J connectivity index is 1.51. The van der Waals surface area contributed by atoms with E-state index in [9.17, 15) is 4.79 Å². The molecule has 0 radical (unpaired) electrons. The predicted molar refractivity (Wildman–Crippen MR) is 114 cm³/mol. The highest BCUT2D eigenvalue weighted by Gasteiger charge is 2.20. The van der Waals surface area contributed by atoms with Gasteiger partial charge in [0.05, 0.1) is 0 Å². The molecule has 4 heteroatoms. The average Bonchev–Trinajstić information content (AvgIpc) is 2.98. The van der Waals surface area contributed by atoms with Crippen LogP contribution in [0.25, 0.3) is 0 Å². The maximum absolute atomic E-state index is 12.7. The summed E-state index contributed by atoms with van der Waals surface area (Å²) in [6.45, 7) is 8.93. The number of carbonyl (C=O) groups is 1. The molecule has 1 amide bonds. The zero-order valence-corrected chi connectivity index (χ0v) is 17.1. The molecular formula is C24H32N2O2. The second-order valence-corrected chi connectivity index (χ2v) is 7.63. The number of amides is 1. The normalized spacial score (nSPS) is 16.4. The van der Waals surface area contributed by atoms with Gasteiger partial charge in [0.1, 0.15) is 5.75 Å². The fourth-order valence-corrected chi connectivity index (χ4v) is 3.69. The maximum atomic E-state index is 12.7. The average molecular weight is 381 g/mol. The molecule has 3 rings (SSSR count). The molecule has 1 atom stereocenters. The smallest absolute Gasteiger partial charge is 0.260 e. The van der Waals surface area contributed by atoms with Crippen LogP contribution in [0.2, 0.25) is 0 Å². The molecule has 1 aliphatic heterocycles. The molecule has 1 unspecified atom stereocenters. The lowest BCUT2D eigenvalue weighted by Gasteiger charge is -2.23. The molecule has 1 fully saturated rings. The summed E-state index contributed by atoms with van der Waals surface area (Å²) < 4.78 is 5.93. The first-order valence-corrected chi connectivity index (χ1v) is 10.4. The van der Waals surface area contributed by atoms with Crippen molar-refractivity contribution >= 4 is 5.91 Å². The van der Waals surface area contributed by atoms with Crippen molar-refractivity contribution in [3.05, 3.63) is 65.7 Å². The lowest BCUT2D eigenvalue weighted by Crippen LogP contribution is -2.38. The summed E-state index contributed by atoms with van der Waals surface area (Å²) in [5.74, 6) is 1.35. The fraction of sp³-hybridized carbons (Fsp3) is 0.458. The van der Waals surface area contributed by atoms with Gasteiger partial charge in [0, 0.05) is 32.7 Å². The minimum atomic E-state index is 0.0838. The lowest BCUT2D eigenvalue weighted by atomic mass is 9.98. The molecule has 0 bridgehead atoms. The predicted octanol–water partition coefficient (Wildman–Crippen LogP) is 4.31. The topological polar surface area (TPSA) is 32.8 Å². The van der Waals surface area contributed by atoms with Gasteiger partial charge in [0.15, 0.2) is 6.61 Å². The first kappa shape index (κ1) is 20.4. The highest BCUT2D eigenvalue weighted by molar-refractivity contribution is 5.77. The molecule has 0 saturated carbocycles. The number of para-hydroxylation sites is 1. The molecule has 28 heavy (non-hydrogen) atoms. The van der Waals surface area contributed by atoms with Crippen molar-refractivity contribution in [1.82, 2.24) is 9.80 Å². The molecule has 2 aromatic rings. The summed E-state index contributed by atoms with van der Waals surface area (Å²) >= 11 is 0. The van der Waals surface area contributed by atoms with E-state index in [1.807, 2.05) is 29.2 Å². The van der Waals surface area contributed by atoms with Gasteiger partial charge in [-0.3, -0.25) is 9.69 Å². The van der Waals surface area contributed by atoms with Gasteiger partial charge in [0.2, 0.25) is 0 Å². The third-order valence-corrected chi connectivity index (χ3v) is 5.60. The first-order chi connectivity index (χ1) is 13.7. The molecule has 1 aliphatic rings. The van der Waals surface area contributed by atoms with Crippen molar-refractivity contribution in [3.63, 3.8) is 0 Å². The van der Waals surface area contributed by atoms with Gasteiger partial charge in [-0.25, -0.2) is 0 Å². The number of benzene rings is 2. The second kappa shape index (κ2) is 10.3. The van der Waals surface area contributed by atoms with Crippen LogP contribution in [0.3, 0.4) is 0 Å². The van der Waals surface area contributed by atoms with Gasteiger partial charge < -0.3 is 9.64 Å². The molecular weight excluding hydrogens is 348 g/mol. The van der Waals surface area contributed by atoms with Crippen LogP contribution >= 0.6 is 0 Å².